The van der Waals surface area contributed by atoms with E-state index in [0.717, 1.165) is 7.14 Å². The maximum Gasteiger partial charge on any atom is 0.308 e. The Balaban J connectivity index is 3.00. The monoisotopic (exact) mass is 388 g/mol. The van der Waals surface area contributed by atoms with E-state index in [0.29, 0.717) is 5.75 Å². The summed E-state index contributed by atoms with van der Waals surface area (Å²) in [6, 6.07) is 5.61. The zero-order valence-electron chi connectivity index (χ0n) is 6.30. The molecule has 0 aliphatic rings. The van der Waals surface area contributed by atoms with Gasteiger partial charge in [-0.05, 0) is 57.3 Å². The molecule has 0 aromatic heterocycles. The molecule has 12 heavy (non-hydrogen) atoms. The molecule has 0 radical (unpaired) electrons. The molecule has 0 amide bonds. The van der Waals surface area contributed by atoms with Gasteiger partial charge in [-0.3, -0.25) is 4.79 Å². The van der Waals surface area contributed by atoms with Gasteiger partial charge in [-0.15, -0.1) is 0 Å². The molecule has 1 aromatic rings. The molecule has 0 saturated carbocycles. The molecule has 0 atom stereocenters. The molecule has 0 N–H and O–H groups in total. The smallest absolute Gasteiger partial charge is 0.308 e. The molecule has 0 saturated heterocycles. The molecule has 0 aliphatic heterocycles. The van der Waals surface area contributed by atoms with Crippen LogP contribution in [0.3, 0.4) is 0 Å². The van der Waals surface area contributed by atoms with Crippen molar-refractivity contribution in [3.63, 3.8) is 0 Å². The fourth-order valence-corrected chi connectivity index (χ4v) is 1.66. The van der Waals surface area contributed by atoms with E-state index in [-0.39, 0.29) is 5.97 Å². The van der Waals surface area contributed by atoms with Crippen molar-refractivity contribution >= 4 is 51.2 Å². The summed E-state index contributed by atoms with van der Waals surface area (Å²) in [5.74, 6) is 0.352. The van der Waals surface area contributed by atoms with Gasteiger partial charge in [0.2, 0.25) is 0 Å². The first-order valence-corrected chi connectivity index (χ1v) is 5.39. The third-order valence-corrected chi connectivity index (χ3v) is 4.21. The van der Waals surface area contributed by atoms with Crippen LogP contribution in [0, 0.1) is 7.14 Å². The lowest BCUT2D eigenvalue weighted by Crippen LogP contribution is -2.03. The third-order valence-electron chi connectivity index (χ3n) is 1.17. The van der Waals surface area contributed by atoms with Gasteiger partial charge in [-0.25, -0.2) is 0 Å². The minimum absolute atomic E-state index is 0.282. The van der Waals surface area contributed by atoms with Crippen LogP contribution >= 0.6 is 45.2 Å². The fraction of sp³-hybridized carbons (Fsp3) is 0.125. The van der Waals surface area contributed by atoms with Crippen molar-refractivity contribution in [1.29, 1.82) is 0 Å². The van der Waals surface area contributed by atoms with E-state index >= 15 is 0 Å². The first kappa shape index (κ1) is 10.2. The lowest BCUT2D eigenvalue weighted by Gasteiger charge is -2.04. The quantitative estimate of drug-likeness (QED) is 0.421. The van der Waals surface area contributed by atoms with Crippen LogP contribution in [0.5, 0.6) is 5.75 Å². The lowest BCUT2D eigenvalue weighted by molar-refractivity contribution is -0.131. The molecular formula is C8H6I2O2. The first-order valence-electron chi connectivity index (χ1n) is 3.23. The van der Waals surface area contributed by atoms with E-state index in [1.54, 1.807) is 6.07 Å². The van der Waals surface area contributed by atoms with Gasteiger partial charge in [0.05, 0.1) is 3.57 Å². The minimum atomic E-state index is -0.282. The predicted molar refractivity (Wildman–Crippen MR) is 63.2 cm³/mol. The van der Waals surface area contributed by atoms with E-state index in [1.165, 1.54) is 6.92 Å². The number of carbonyl (C=O) groups excluding carboxylic acids is 1. The molecule has 4 heteroatoms. The highest BCUT2D eigenvalue weighted by molar-refractivity contribution is 14.1. The standard InChI is InChI=1S/C8H6I2O2/c1-5(11)12-7-4-2-3-6(9)8(7)10/h2-4H,1H3. The molecule has 0 unspecified atom stereocenters. The second-order valence-corrected chi connectivity index (χ2v) is 4.39. The number of ether oxygens (including phenoxy) is 1. The van der Waals surface area contributed by atoms with E-state index in [1.807, 2.05) is 12.1 Å². The van der Waals surface area contributed by atoms with Crippen LogP contribution in [0.2, 0.25) is 0 Å². The average molecular weight is 388 g/mol. The summed E-state index contributed by atoms with van der Waals surface area (Å²) < 4.78 is 7.04. The van der Waals surface area contributed by atoms with Crippen LogP contribution in [-0.2, 0) is 4.79 Å². The molecule has 1 rings (SSSR count). The number of hydrogen-bond donors (Lipinski definition) is 0. The molecule has 1 aromatic carbocycles. The second kappa shape index (κ2) is 4.40. The maximum atomic E-state index is 10.6. The Labute approximate surface area is 98.0 Å². The zero-order valence-corrected chi connectivity index (χ0v) is 10.6. The van der Waals surface area contributed by atoms with Crippen molar-refractivity contribution in [1.82, 2.24) is 0 Å². The number of rotatable bonds is 1. The number of esters is 1. The minimum Gasteiger partial charge on any atom is -0.426 e. The second-order valence-electron chi connectivity index (χ2n) is 2.15. The van der Waals surface area contributed by atoms with E-state index < -0.39 is 0 Å². The molecule has 64 valence electrons. The van der Waals surface area contributed by atoms with Crippen LogP contribution in [-0.4, -0.2) is 5.97 Å². The van der Waals surface area contributed by atoms with E-state index in [9.17, 15) is 4.79 Å². The molecule has 0 fully saturated rings. The number of hydrogen-bond acceptors (Lipinski definition) is 2. The lowest BCUT2D eigenvalue weighted by atomic mass is 10.3. The van der Waals surface area contributed by atoms with Crippen molar-refractivity contribution in [3.05, 3.63) is 25.3 Å². The fourth-order valence-electron chi connectivity index (χ4n) is 0.718. The highest BCUT2D eigenvalue weighted by Gasteiger charge is 2.05. The maximum absolute atomic E-state index is 10.6. The van der Waals surface area contributed by atoms with Gasteiger partial charge in [0.1, 0.15) is 5.75 Å². The normalized spacial score (nSPS) is 9.58. The summed E-state index contributed by atoms with van der Waals surface area (Å²) >= 11 is 4.35. The van der Waals surface area contributed by atoms with Crippen molar-refractivity contribution in [2.75, 3.05) is 0 Å². The van der Waals surface area contributed by atoms with Gasteiger partial charge in [0, 0.05) is 10.5 Å². The Bertz CT molecular complexity index is 310. The summed E-state index contributed by atoms with van der Waals surface area (Å²) in [6.45, 7) is 1.40. The Kier molecular flexibility index (Phi) is 3.76. The van der Waals surface area contributed by atoms with Crippen molar-refractivity contribution in [3.8, 4) is 5.75 Å². The molecular weight excluding hydrogens is 382 g/mol. The first-order chi connectivity index (χ1) is 5.61. The van der Waals surface area contributed by atoms with Crippen molar-refractivity contribution in [2.45, 2.75) is 6.92 Å². The van der Waals surface area contributed by atoms with Gasteiger partial charge < -0.3 is 4.74 Å². The Morgan fingerprint density at radius 1 is 1.42 bits per heavy atom. The van der Waals surface area contributed by atoms with Crippen LogP contribution in [0.4, 0.5) is 0 Å². The average Bonchev–Trinajstić information content (AvgIpc) is 1.98. The van der Waals surface area contributed by atoms with Crippen LogP contribution in [0.1, 0.15) is 6.92 Å². The predicted octanol–water partition coefficient (Wildman–Crippen LogP) is 2.82. The molecule has 0 spiro atoms. The van der Waals surface area contributed by atoms with Crippen molar-refractivity contribution in [2.24, 2.45) is 0 Å². The number of carbonyl (C=O) groups is 1. The SMILES string of the molecule is CC(=O)Oc1cccc(I)c1I. The zero-order chi connectivity index (χ0) is 9.14. The third kappa shape index (κ3) is 2.58. The summed E-state index contributed by atoms with van der Waals surface area (Å²) in [6.07, 6.45) is 0. The topological polar surface area (TPSA) is 26.3 Å². The Morgan fingerprint density at radius 2 is 2.08 bits per heavy atom. The van der Waals surface area contributed by atoms with Gasteiger partial charge >= 0.3 is 5.97 Å². The highest BCUT2D eigenvalue weighted by Crippen LogP contribution is 2.25. The summed E-state index contributed by atoms with van der Waals surface area (Å²) in [7, 11) is 0. The van der Waals surface area contributed by atoms with Gasteiger partial charge in [0.25, 0.3) is 0 Å². The van der Waals surface area contributed by atoms with E-state index in [2.05, 4.69) is 45.2 Å². The highest BCUT2D eigenvalue weighted by atomic mass is 127. The Morgan fingerprint density at radius 3 is 2.67 bits per heavy atom. The van der Waals surface area contributed by atoms with Gasteiger partial charge in [-0.1, -0.05) is 6.07 Å². The molecule has 0 heterocycles. The molecule has 0 bridgehead atoms. The van der Waals surface area contributed by atoms with Crippen molar-refractivity contribution < 1.29 is 9.53 Å². The summed E-state index contributed by atoms with van der Waals surface area (Å²) in [4.78, 5) is 10.6. The van der Waals surface area contributed by atoms with Gasteiger partial charge in [0.15, 0.2) is 0 Å². The molecule has 0 aliphatic carbocycles. The number of halogens is 2. The van der Waals surface area contributed by atoms with Crippen LogP contribution in [0.15, 0.2) is 18.2 Å². The number of benzene rings is 1. The molecule has 2 nitrogen and oxygen atoms in total. The van der Waals surface area contributed by atoms with Crippen LogP contribution < -0.4 is 4.74 Å². The van der Waals surface area contributed by atoms with E-state index in [4.69, 9.17) is 4.74 Å². The van der Waals surface area contributed by atoms with Gasteiger partial charge in [-0.2, -0.15) is 0 Å². The summed E-state index contributed by atoms with van der Waals surface area (Å²) in [5, 5.41) is 0. The van der Waals surface area contributed by atoms with Crippen LogP contribution in [0.25, 0.3) is 0 Å². The summed E-state index contributed by atoms with van der Waals surface area (Å²) in [5.41, 5.74) is 0. The largest absolute Gasteiger partial charge is 0.426 e. The Hall–Kier alpha value is 0.150.